The van der Waals surface area contributed by atoms with Gasteiger partial charge in [0.15, 0.2) is 0 Å². The van der Waals surface area contributed by atoms with E-state index < -0.39 is 11.9 Å². The Morgan fingerprint density at radius 2 is 2.05 bits per heavy atom. The lowest BCUT2D eigenvalue weighted by Gasteiger charge is -2.32. The van der Waals surface area contributed by atoms with Crippen molar-refractivity contribution in [3.05, 3.63) is 0 Å². The summed E-state index contributed by atoms with van der Waals surface area (Å²) in [5.74, 6) is -1.65. The van der Waals surface area contributed by atoms with Gasteiger partial charge in [0.25, 0.3) is 0 Å². The first-order valence-corrected chi connectivity index (χ1v) is 7.27. The van der Waals surface area contributed by atoms with Gasteiger partial charge in [0, 0.05) is 6.54 Å². The lowest BCUT2D eigenvalue weighted by molar-refractivity contribution is -0.146. The second-order valence-corrected chi connectivity index (χ2v) is 5.66. The Labute approximate surface area is 119 Å². The van der Waals surface area contributed by atoms with Crippen LogP contribution in [0.15, 0.2) is 0 Å². The normalized spacial score (nSPS) is 33.3. The van der Waals surface area contributed by atoms with Gasteiger partial charge < -0.3 is 19.5 Å². The molecular formula is C14H23NO5. The molecule has 0 aromatic carbocycles. The molecule has 0 radical (unpaired) electrons. The second-order valence-electron chi connectivity index (χ2n) is 5.66. The van der Waals surface area contributed by atoms with Crippen LogP contribution in [0.4, 0.5) is 0 Å². The highest BCUT2D eigenvalue weighted by molar-refractivity contribution is 5.81. The van der Waals surface area contributed by atoms with Gasteiger partial charge in [0.05, 0.1) is 37.9 Å². The van der Waals surface area contributed by atoms with E-state index in [4.69, 9.17) is 9.47 Å². The highest BCUT2D eigenvalue weighted by Crippen LogP contribution is 2.26. The Hall–Kier alpha value is -1.14. The molecule has 2 rings (SSSR count). The molecule has 1 N–H and O–H groups in total. The number of carboxylic acid groups (broad SMARTS) is 1. The number of carbonyl (C=O) groups excluding carboxylic acids is 1. The lowest BCUT2D eigenvalue weighted by atomic mass is 9.98. The number of carboxylic acids is 1. The van der Waals surface area contributed by atoms with Gasteiger partial charge in [0.1, 0.15) is 5.92 Å². The molecule has 2 fully saturated rings. The van der Waals surface area contributed by atoms with Crippen molar-refractivity contribution in [3.8, 4) is 0 Å². The molecule has 20 heavy (non-hydrogen) atoms. The van der Waals surface area contributed by atoms with E-state index in [2.05, 4.69) is 0 Å². The van der Waals surface area contributed by atoms with Crippen LogP contribution in [0.1, 0.15) is 26.7 Å². The van der Waals surface area contributed by atoms with E-state index in [0.29, 0.717) is 26.2 Å². The standard InChI is InChI=1S/C14H23NO5/c1-3-4-15(12-8-19-7-11(12)14(17)18)13(16)10-5-9(2)20-6-10/h9-12H,3-8H2,1-2H3,(H,17,18). The maximum Gasteiger partial charge on any atom is 0.311 e. The zero-order valence-corrected chi connectivity index (χ0v) is 12.1. The molecule has 0 bridgehead atoms. The molecule has 2 aliphatic rings. The average Bonchev–Trinajstić information content (AvgIpc) is 3.03. The molecule has 0 aromatic heterocycles. The molecule has 4 unspecified atom stereocenters. The van der Waals surface area contributed by atoms with Crippen molar-refractivity contribution >= 4 is 11.9 Å². The zero-order chi connectivity index (χ0) is 14.7. The fourth-order valence-electron chi connectivity index (χ4n) is 2.99. The first-order valence-electron chi connectivity index (χ1n) is 7.27. The van der Waals surface area contributed by atoms with Crippen LogP contribution in [0.2, 0.25) is 0 Å². The van der Waals surface area contributed by atoms with E-state index in [9.17, 15) is 14.7 Å². The van der Waals surface area contributed by atoms with Gasteiger partial charge in [-0.3, -0.25) is 9.59 Å². The van der Waals surface area contributed by atoms with Crippen LogP contribution >= 0.6 is 0 Å². The van der Waals surface area contributed by atoms with Crippen LogP contribution < -0.4 is 0 Å². The minimum atomic E-state index is -0.891. The van der Waals surface area contributed by atoms with E-state index >= 15 is 0 Å². The fourth-order valence-corrected chi connectivity index (χ4v) is 2.99. The first kappa shape index (κ1) is 15.3. The quantitative estimate of drug-likeness (QED) is 0.806. The lowest BCUT2D eigenvalue weighted by Crippen LogP contribution is -2.49. The summed E-state index contributed by atoms with van der Waals surface area (Å²) < 4.78 is 10.7. The van der Waals surface area contributed by atoms with Crippen LogP contribution in [0.25, 0.3) is 0 Å². The second kappa shape index (κ2) is 6.54. The van der Waals surface area contributed by atoms with Gasteiger partial charge in [-0.05, 0) is 19.8 Å². The van der Waals surface area contributed by atoms with E-state index in [1.165, 1.54) is 0 Å². The van der Waals surface area contributed by atoms with Crippen LogP contribution in [0.5, 0.6) is 0 Å². The Balaban J connectivity index is 2.09. The third kappa shape index (κ3) is 3.12. The van der Waals surface area contributed by atoms with Gasteiger partial charge in [-0.25, -0.2) is 0 Å². The molecule has 6 nitrogen and oxygen atoms in total. The SMILES string of the molecule is CCCN(C(=O)C1COC(C)C1)C1COCC1C(=O)O. The van der Waals surface area contributed by atoms with Crippen molar-refractivity contribution in [2.45, 2.75) is 38.8 Å². The van der Waals surface area contributed by atoms with Gasteiger partial charge in [-0.2, -0.15) is 0 Å². The number of hydrogen-bond donors (Lipinski definition) is 1. The summed E-state index contributed by atoms with van der Waals surface area (Å²) in [6.45, 7) is 5.44. The zero-order valence-electron chi connectivity index (χ0n) is 12.1. The minimum Gasteiger partial charge on any atom is -0.481 e. The smallest absolute Gasteiger partial charge is 0.311 e. The van der Waals surface area contributed by atoms with E-state index in [1.807, 2.05) is 13.8 Å². The molecule has 2 heterocycles. The molecule has 114 valence electrons. The maximum atomic E-state index is 12.6. The van der Waals surface area contributed by atoms with Crippen molar-refractivity contribution in [1.82, 2.24) is 4.90 Å². The van der Waals surface area contributed by atoms with Gasteiger partial charge >= 0.3 is 5.97 Å². The van der Waals surface area contributed by atoms with Gasteiger partial charge in [-0.1, -0.05) is 6.92 Å². The number of ether oxygens (including phenoxy) is 2. The summed E-state index contributed by atoms with van der Waals surface area (Å²) in [6.07, 6.45) is 1.62. The number of hydrogen-bond acceptors (Lipinski definition) is 4. The predicted octanol–water partition coefficient (Wildman–Crippen LogP) is 0.750. The maximum absolute atomic E-state index is 12.6. The summed E-state index contributed by atoms with van der Waals surface area (Å²) in [5, 5.41) is 9.25. The van der Waals surface area contributed by atoms with E-state index in [0.717, 1.165) is 6.42 Å². The van der Waals surface area contributed by atoms with Crippen molar-refractivity contribution in [2.75, 3.05) is 26.4 Å². The third-order valence-corrected chi connectivity index (χ3v) is 4.06. The number of amides is 1. The van der Waals surface area contributed by atoms with E-state index in [-0.39, 0.29) is 30.6 Å². The van der Waals surface area contributed by atoms with Crippen molar-refractivity contribution in [1.29, 1.82) is 0 Å². The highest BCUT2D eigenvalue weighted by atomic mass is 16.5. The van der Waals surface area contributed by atoms with Crippen molar-refractivity contribution in [2.24, 2.45) is 11.8 Å². The molecule has 4 atom stereocenters. The molecule has 0 aromatic rings. The van der Waals surface area contributed by atoms with Gasteiger partial charge in [0.2, 0.25) is 5.91 Å². The molecule has 0 aliphatic carbocycles. The van der Waals surface area contributed by atoms with Crippen molar-refractivity contribution in [3.63, 3.8) is 0 Å². The summed E-state index contributed by atoms with van der Waals surface area (Å²) in [5.41, 5.74) is 0. The Morgan fingerprint density at radius 1 is 1.30 bits per heavy atom. The predicted molar refractivity (Wildman–Crippen MR) is 71.3 cm³/mol. The van der Waals surface area contributed by atoms with Crippen LogP contribution in [-0.2, 0) is 19.1 Å². The highest BCUT2D eigenvalue weighted by Gasteiger charge is 2.42. The summed E-state index contributed by atoms with van der Waals surface area (Å²) in [4.78, 5) is 25.6. The molecule has 1 amide bonds. The van der Waals surface area contributed by atoms with Crippen LogP contribution in [-0.4, -0.2) is 60.4 Å². The summed E-state index contributed by atoms with van der Waals surface area (Å²) in [6, 6.07) is -0.351. The van der Waals surface area contributed by atoms with E-state index in [1.54, 1.807) is 4.90 Å². The molecule has 0 saturated carbocycles. The molecule has 2 aliphatic heterocycles. The number of carbonyl (C=O) groups is 2. The summed E-state index contributed by atoms with van der Waals surface area (Å²) in [7, 11) is 0. The molecule has 2 saturated heterocycles. The Kier molecular flexibility index (Phi) is 4.99. The minimum absolute atomic E-state index is 0.0120. The first-order chi connectivity index (χ1) is 9.54. The molecular weight excluding hydrogens is 262 g/mol. The molecule has 0 spiro atoms. The average molecular weight is 285 g/mol. The summed E-state index contributed by atoms with van der Waals surface area (Å²) >= 11 is 0. The van der Waals surface area contributed by atoms with Crippen LogP contribution in [0, 0.1) is 11.8 Å². The largest absolute Gasteiger partial charge is 0.481 e. The van der Waals surface area contributed by atoms with Crippen LogP contribution in [0.3, 0.4) is 0 Å². The topological polar surface area (TPSA) is 76.1 Å². The number of rotatable bonds is 5. The fraction of sp³-hybridized carbons (Fsp3) is 0.857. The van der Waals surface area contributed by atoms with Gasteiger partial charge in [-0.15, -0.1) is 0 Å². The van der Waals surface area contributed by atoms with Crippen molar-refractivity contribution < 1.29 is 24.2 Å². The molecule has 6 heteroatoms. The Bertz CT molecular complexity index is 373. The number of aliphatic carboxylic acids is 1. The third-order valence-electron chi connectivity index (χ3n) is 4.06. The Morgan fingerprint density at radius 3 is 2.60 bits per heavy atom. The monoisotopic (exact) mass is 285 g/mol. The number of nitrogens with zero attached hydrogens (tertiary/aromatic N) is 1.